The van der Waals surface area contributed by atoms with E-state index in [1.807, 2.05) is 25.2 Å². The van der Waals surface area contributed by atoms with Gasteiger partial charge in [-0.3, -0.25) is 9.69 Å². The number of piperidine rings is 1. The summed E-state index contributed by atoms with van der Waals surface area (Å²) in [5, 5.41) is 2.36. The number of amides is 1. The molecule has 1 N–H and O–H groups in total. The van der Waals surface area contributed by atoms with Crippen LogP contribution in [-0.4, -0.2) is 53.3 Å². The zero-order valence-corrected chi connectivity index (χ0v) is 15.3. The molecular formula is C17H26Cl2N2O2. The first-order chi connectivity index (χ1) is 11.0. The van der Waals surface area contributed by atoms with E-state index in [1.165, 1.54) is 19.3 Å². The Balaban J connectivity index is 1.71. The minimum Gasteiger partial charge on any atom is -0.494 e. The van der Waals surface area contributed by atoms with Gasteiger partial charge in [0.25, 0.3) is 0 Å². The van der Waals surface area contributed by atoms with Crippen LogP contribution >= 0.6 is 23.2 Å². The molecule has 2 aliphatic rings. The Morgan fingerprint density at radius 1 is 1.48 bits per heavy atom. The maximum absolute atomic E-state index is 12.2. The number of carbonyl (C=O) groups excluding carboxylic acids is 1. The molecular weight excluding hydrogens is 335 g/mol. The maximum atomic E-state index is 12.2. The summed E-state index contributed by atoms with van der Waals surface area (Å²) in [6.07, 6.45) is 9.09. The third-order valence-electron chi connectivity index (χ3n) is 4.30. The summed E-state index contributed by atoms with van der Waals surface area (Å²) < 4.78 is 5.70. The molecule has 6 heteroatoms. The fourth-order valence-electron chi connectivity index (χ4n) is 2.89. The summed E-state index contributed by atoms with van der Waals surface area (Å²) in [6.45, 7) is 5.96. The highest BCUT2D eigenvalue weighted by Gasteiger charge is 2.24. The summed E-state index contributed by atoms with van der Waals surface area (Å²) in [5.74, 6) is 0.699. The molecule has 0 unspecified atom stereocenters. The summed E-state index contributed by atoms with van der Waals surface area (Å²) >= 11 is 12.3. The van der Waals surface area contributed by atoms with Crippen molar-refractivity contribution < 1.29 is 9.53 Å². The van der Waals surface area contributed by atoms with Crippen molar-refractivity contribution in [2.24, 2.45) is 0 Å². The van der Waals surface area contributed by atoms with Crippen LogP contribution in [0.5, 0.6) is 0 Å². The van der Waals surface area contributed by atoms with Gasteiger partial charge in [0.2, 0.25) is 5.91 Å². The Kier molecular flexibility index (Phi) is 7.25. The van der Waals surface area contributed by atoms with Crippen molar-refractivity contribution >= 4 is 29.1 Å². The Morgan fingerprint density at radius 3 is 3.00 bits per heavy atom. The molecule has 1 aliphatic carbocycles. The molecule has 0 spiro atoms. The Hall–Kier alpha value is -0.710. The van der Waals surface area contributed by atoms with Crippen molar-refractivity contribution in [1.29, 1.82) is 0 Å². The number of likely N-dealkylation sites (tertiary alicyclic amines) is 1. The van der Waals surface area contributed by atoms with E-state index < -0.39 is 0 Å². The summed E-state index contributed by atoms with van der Waals surface area (Å²) in [6, 6.07) is 0.407. The van der Waals surface area contributed by atoms with E-state index >= 15 is 0 Å². The average molecular weight is 361 g/mol. The molecule has 2 rings (SSSR count). The number of ether oxygens (including phenoxy) is 1. The first kappa shape index (κ1) is 18.6. The second kappa shape index (κ2) is 8.95. The van der Waals surface area contributed by atoms with E-state index in [0.717, 1.165) is 6.54 Å². The summed E-state index contributed by atoms with van der Waals surface area (Å²) in [7, 11) is 0. The number of alkyl halides is 2. The molecule has 1 aliphatic heterocycles. The molecule has 1 amide bonds. The lowest BCUT2D eigenvalue weighted by atomic mass is 10.0. The first-order valence-corrected chi connectivity index (χ1v) is 9.17. The fraction of sp³-hybridized carbons (Fsp3) is 0.706. The molecule has 0 radical (unpaired) electrons. The monoisotopic (exact) mass is 360 g/mol. The highest BCUT2D eigenvalue weighted by Crippen LogP contribution is 2.24. The molecule has 130 valence electrons. The topological polar surface area (TPSA) is 41.6 Å². The van der Waals surface area contributed by atoms with Crippen molar-refractivity contribution in [3.05, 3.63) is 24.0 Å². The highest BCUT2D eigenvalue weighted by molar-refractivity contribution is 6.32. The SMILES string of the molecule is C[C@H](COC1=CC=C[C@H](Cl)[C@H]1Cl)NC(=O)CN1CCCC[C@H]1C. The molecule has 1 fully saturated rings. The number of allylic oxidation sites excluding steroid dienone is 4. The Labute approximate surface area is 148 Å². The van der Waals surface area contributed by atoms with E-state index in [2.05, 4.69) is 17.1 Å². The van der Waals surface area contributed by atoms with Crippen LogP contribution in [0.4, 0.5) is 0 Å². The van der Waals surface area contributed by atoms with E-state index in [0.29, 0.717) is 25.0 Å². The largest absolute Gasteiger partial charge is 0.494 e. The van der Waals surface area contributed by atoms with Gasteiger partial charge in [0, 0.05) is 6.04 Å². The first-order valence-electron chi connectivity index (χ1n) is 8.30. The van der Waals surface area contributed by atoms with Crippen molar-refractivity contribution in [2.75, 3.05) is 19.7 Å². The molecule has 0 bridgehead atoms. The van der Waals surface area contributed by atoms with E-state index in [-0.39, 0.29) is 22.7 Å². The Bertz CT molecular complexity index is 468. The van der Waals surface area contributed by atoms with Gasteiger partial charge in [-0.1, -0.05) is 18.6 Å². The van der Waals surface area contributed by atoms with Crippen LogP contribution in [-0.2, 0) is 9.53 Å². The van der Waals surface area contributed by atoms with Crippen LogP contribution < -0.4 is 5.32 Å². The van der Waals surface area contributed by atoms with Crippen LogP contribution in [0.15, 0.2) is 24.0 Å². The predicted octanol–water partition coefficient (Wildman–Crippen LogP) is 3.05. The third-order valence-corrected chi connectivity index (χ3v) is 5.31. The van der Waals surface area contributed by atoms with Crippen molar-refractivity contribution in [1.82, 2.24) is 10.2 Å². The second-order valence-corrected chi connectivity index (χ2v) is 7.37. The normalized spacial score (nSPS) is 29.7. The van der Waals surface area contributed by atoms with E-state index in [9.17, 15) is 4.79 Å². The summed E-state index contributed by atoms with van der Waals surface area (Å²) in [5.41, 5.74) is 0. The van der Waals surface area contributed by atoms with Crippen LogP contribution in [0.1, 0.15) is 33.1 Å². The zero-order chi connectivity index (χ0) is 16.8. The number of nitrogens with zero attached hydrogens (tertiary/aromatic N) is 1. The second-order valence-electron chi connectivity index (χ2n) is 6.39. The van der Waals surface area contributed by atoms with Gasteiger partial charge in [0.05, 0.1) is 18.0 Å². The van der Waals surface area contributed by atoms with Gasteiger partial charge in [0.15, 0.2) is 0 Å². The molecule has 4 nitrogen and oxygen atoms in total. The number of carbonyl (C=O) groups is 1. The average Bonchev–Trinajstić information content (AvgIpc) is 2.51. The fourth-order valence-corrected chi connectivity index (χ4v) is 3.32. The quantitative estimate of drug-likeness (QED) is 0.740. The Morgan fingerprint density at radius 2 is 2.26 bits per heavy atom. The number of rotatable bonds is 6. The lowest BCUT2D eigenvalue weighted by Crippen LogP contribution is -2.47. The predicted molar refractivity (Wildman–Crippen MR) is 94.9 cm³/mol. The standard InChI is InChI=1S/C17H26Cl2N2O2/c1-12(11-23-15-8-5-7-14(18)17(15)19)20-16(22)10-21-9-4-3-6-13(21)2/h5,7-8,12-14,17H,3-4,6,9-11H2,1-2H3,(H,20,22)/t12-,13-,14+,17-/m1/s1. The van der Waals surface area contributed by atoms with Crippen molar-refractivity contribution in [2.45, 2.75) is 55.9 Å². The van der Waals surface area contributed by atoms with Crippen LogP contribution in [0, 0.1) is 0 Å². The molecule has 23 heavy (non-hydrogen) atoms. The van der Waals surface area contributed by atoms with Gasteiger partial charge in [0.1, 0.15) is 17.7 Å². The van der Waals surface area contributed by atoms with Gasteiger partial charge < -0.3 is 10.1 Å². The van der Waals surface area contributed by atoms with E-state index in [4.69, 9.17) is 27.9 Å². The van der Waals surface area contributed by atoms with E-state index in [1.54, 1.807) is 0 Å². The number of halogens is 2. The highest BCUT2D eigenvalue weighted by atomic mass is 35.5. The van der Waals surface area contributed by atoms with Crippen molar-refractivity contribution in [3.8, 4) is 0 Å². The molecule has 0 aromatic heterocycles. The lowest BCUT2D eigenvalue weighted by Gasteiger charge is -2.33. The van der Waals surface area contributed by atoms with Crippen LogP contribution in [0.3, 0.4) is 0 Å². The van der Waals surface area contributed by atoms with Crippen molar-refractivity contribution in [3.63, 3.8) is 0 Å². The number of hydrogen-bond acceptors (Lipinski definition) is 3. The lowest BCUT2D eigenvalue weighted by molar-refractivity contribution is -0.124. The maximum Gasteiger partial charge on any atom is 0.234 e. The van der Waals surface area contributed by atoms with Gasteiger partial charge in [-0.25, -0.2) is 0 Å². The number of hydrogen-bond donors (Lipinski definition) is 1. The minimum atomic E-state index is -0.362. The molecule has 0 aromatic carbocycles. The summed E-state index contributed by atoms with van der Waals surface area (Å²) in [4.78, 5) is 14.4. The molecule has 4 atom stereocenters. The molecule has 0 aromatic rings. The number of nitrogens with one attached hydrogen (secondary N) is 1. The third kappa shape index (κ3) is 5.70. The van der Waals surface area contributed by atoms with Crippen LogP contribution in [0.2, 0.25) is 0 Å². The van der Waals surface area contributed by atoms with Gasteiger partial charge in [-0.05, 0) is 39.3 Å². The van der Waals surface area contributed by atoms with Gasteiger partial charge in [-0.2, -0.15) is 0 Å². The zero-order valence-electron chi connectivity index (χ0n) is 13.8. The van der Waals surface area contributed by atoms with Gasteiger partial charge >= 0.3 is 0 Å². The van der Waals surface area contributed by atoms with Crippen LogP contribution in [0.25, 0.3) is 0 Å². The minimum absolute atomic E-state index is 0.0463. The molecule has 1 saturated heterocycles. The molecule has 0 saturated carbocycles. The molecule has 1 heterocycles. The van der Waals surface area contributed by atoms with Gasteiger partial charge in [-0.15, -0.1) is 23.2 Å². The smallest absolute Gasteiger partial charge is 0.234 e.